The van der Waals surface area contributed by atoms with E-state index in [1.54, 1.807) is 13.8 Å². The van der Waals surface area contributed by atoms with Crippen molar-refractivity contribution in [3.63, 3.8) is 0 Å². The summed E-state index contributed by atoms with van der Waals surface area (Å²) in [5.41, 5.74) is 0.933. The topological polar surface area (TPSA) is 67.4 Å². The number of nitrogens with one attached hydrogen (secondary N) is 2. The lowest BCUT2D eigenvalue weighted by Crippen LogP contribution is -2.39. The van der Waals surface area contributed by atoms with Gasteiger partial charge in [-0.05, 0) is 27.7 Å². The fourth-order valence-corrected chi connectivity index (χ4v) is 1.20. The normalized spacial score (nSPS) is 13.3. The fraction of sp³-hybridized carbons (Fsp3) is 0.571. The highest BCUT2D eigenvalue weighted by Crippen LogP contribution is 1.94. The lowest BCUT2D eigenvalue weighted by atomic mass is 10.2. The second kappa shape index (κ2) is 8.48. The van der Waals surface area contributed by atoms with E-state index in [1.165, 1.54) is 0 Å². The van der Waals surface area contributed by atoms with Gasteiger partial charge in [0.1, 0.15) is 0 Å². The molecule has 0 heterocycles. The van der Waals surface area contributed by atoms with Crippen molar-refractivity contribution in [3.05, 3.63) is 24.3 Å². The maximum absolute atomic E-state index is 11.3. The van der Waals surface area contributed by atoms with E-state index in [4.69, 9.17) is 4.74 Å². The van der Waals surface area contributed by atoms with Crippen LogP contribution in [0.1, 0.15) is 27.7 Å². The quantitative estimate of drug-likeness (QED) is 0.649. The van der Waals surface area contributed by atoms with Gasteiger partial charge in [0.05, 0.1) is 13.2 Å². The molecule has 0 saturated carbocycles. The highest BCUT2D eigenvalue weighted by Gasteiger charge is 2.10. The Morgan fingerprint density at radius 2 is 1.26 bits per heavy atom. The Morgan fingerprint density at radius 1 is 0.947 bits per heavy atom. The first-order valence-electron chi connectivity index (χ1n) is 6.24. The molecule has 0 radical (unpaired) electrons. The van der Waals surface area contributed by atoms with Gasteiger partial charge in [-0.2, -0.15) is 0 Å². The first-order chi connectivity index (χ1) is 8.73. The van der Waals surface area contributed by atoms with Crippen LogP contribution in [-0.2, 0) is 14.3 Å². The molecule has 0 aliphatic carbocycles. The highest BCUT2D eigenvalue weighted by molar-refractivity contribution is 5.92. The summed E-state index contributed by atoms with van der Waals surface area (Å²) in [5, 5.41) is 5.49. The monoisotopic (exact) mass is 268 g/mol. The van der Waals surface area contributed by atoms with Crippen molar-refractivity contribution >= 4 is 11.8 Å². The zero-order chi connectivity index (χ0) is 15.0. The van der Waals surface area contributed by atoms with Crippen molar-refractivity contribution in [2.75, 3.05) is 13.2 Å². The van der Waals surface area contributed by atoms with Crippen LogP contribution >= 0.6 is 0 Å². The van der Waals surface area contributed by atoms with Gasteiger partial charge in [-0.3, -0.25) is 9.59 Å². The molecular weight excluding hydrogens is 244 g/mol. The molecule has 0 aliphatic heterocycles. The Balaban J connectivity index is 3.84. The number of rotatable bonds is 8. The van der Waals surface area contributed by atoms with Gasteiger partial charge in [0.2, 0.25) is 11.8 Å². The Hall–Kier alpha value is -1.62. The molecule has 0 rings (SSSR count). The molecular formula is C14H24N2O3. The van der Waals surface area contributed by atoms with E-state index in [1.807, 2.05) is 13.8 Å². The van der Waals surface area contributed by atoms with Crippen LogP contribution in [0.4, 0.5) is 0 Å². The minimum atomic E-state index is -0.181. The summed E-state index contributed by atoms with van der Waals surface area (Å²) in [6, 6.07) is -0.207. The van der Waals surface area contributed by atoms with Crippen molar-refractivity contribution < 1.29 is 14.3 Å². The average Bonchev–Trinajstić information content (AvgIpc) is 2.28. The summed E-state index contributed by atoms with van der Waals surface area (Å²) in [4.78, 5) is 22.7. The molecule has 0 bridgehead atoms. The Morgan fingerprint density at radius 3 is 1.53 bits per heavy atom. The van der Waals surface area contributed by atoms with E-state index in [-0.39, 0.29) is 23.9 Å². The Bertz CT molecular complexity index is 330. The van der Waals surface area contributed by atoms with E-state index in [2.05, 4.69) is 23.8 Å². The van der Waals surface area contributed by atoms with Gasteiger partial charge in [0.15, 0.2) is 0 Å². The number of hydrogen-bond acceptors (Lipinski definition) is 3. The zero-order valence-corrected chi connectivity index (χ0v) is 12.2. The van der Waals surface area contributed by atoms with Gasteiger partial charge in [0.25, 0.3) is 0 Å². The second-order valence-electron chi connectivity index (χ2n) is 4.85. The summed E-state index contributed by atoms with van der Waals surface area (Å²) >= 11 is 0. The van der Waals surface area contributed by atoms with Crippen molar-refractivity contribution in [2.45, 2.75) is 39.8 Å². The van der Waals surface area contributed by atoms with Crippen molar-refractivity contribution in [1.29, 1.82) is 0 Å². The number of ether oxygens (including phenoxy) is 1. The SMILES string of the molecule is C=C(C)C(=O)NC(C)COCC(C)NC(=O)C(=C)C. The molecule has 2 amide bonds. The van der Waals surface area contributed by atoms with Crippen LogP contribution in [0.2, 0.25) is 0 Å². The van der Waals surface area contributed by atoms with E-state index >= 15 is 0 Å². The molecule has 0 spiro atoms. The van der Waals surface area contributed by atoms with Gasteiger partial charge < -0.3 is 15.4 Å². The van der Waals surface area contributed by atoms with Crippen LogP contribution < -0.4 is 10.6 Å². The number of amides is 2. The van der Waals surface area contributed by atoms with Gasteiger partial charge in [0, 0.05) is 23.2 Å². The predicted octanol–water partition coefficient (Wildman–Crippen LogP) is 1.16. The molecule has 0 saturated heterocycles. The van der Waals surface area contributed by atoms with Gasteiger partial charge in [-0.1, -0.05) is 13.2 Å². The van der Waals surface area contributed by atoms with Crippen LogP contribution in [0, 0.1) is 0 Å². The van der Waals surface area contributed by atoms with Crippen LogP contribution in [0.15, 0.2) is 24.3 Å². The van der Waals surface area contributed by atoms with Gasteiger partial charge >= 0.3 is 0 Å². The lowest BCUT2D eigenvalue weighted by molar-refractivity contribution is -0.118. The first-order valence-corrected chi connectivity index (χ1v) is 6.24. The molecule has 2 N–H and O–H groups in total. The molecule has 0 fully saturated rings. The Kier molecular flexibility index (Phi) is 7.75. The van der Waals surface area contributed by atoms with Crippen LogP contribution in [0.5, 0.6) is 0 Å². The molecule has 0 aliphatic rings. The summed E-state index contributed by atoms with van der Waals surface area (Å²) in [7, 11) is 0. The highest BCUT2D eigenvalue weighted by atomic mass is 16.5. The van der Waals surface area contributed by atoms with E-state index in [9.17, 15) is 9.59 Å². The fourth-order valence-electron chi connectivity index (χ4n) is 1.20. The number of hydrogen-bond donors (Lipinski definition) is 2. The minimum absolute atomic E-state index is 0.103. The Labute approximate surface area is 115 Å². The van der Waals surface area contributed by atoms with Gasteiger partial charge in [-0.25, -0.2) is 0 Å². The number of carbonyl (C=O) groups excluding carboxylic acids is 2. The molecule has 0 aromatic rings. The summed E-state index contributed by atoms with van der Waals surface area (Å²) in [5.74, 6) is -0.362. The van der Waals surface area contributed by atoms with Gasteiger partial charge in [-0.15, -0.1) is 0 Å². The van der Waals surface area contributed by atoms with E-state index < -0.39 is 0 Å². The molecule has 5 heteroatoms. The third-order valence-corrected chi connectivity index (χ3v) is 2.27. The van der Waals surface area contributed by atoms with Crippen LogP contribution in [-0.4, -0.2) is 37.1 Å². The van der Waals surface area contributed by atoms with E-state index in [0.717, 1.165) is 0 Å². The maximum Gasteiger partial charge on any atom is 0.246 e. The third kappa shape index (κ3) is 8.15. The van der Waals surface area contributed by atoms with E-state index in [0.29, 0.717) is 24.4 Å². The molecule has 2 unspecified atom stereocenters. The average molecular weight is 268 g/mol. The summed E-state index contributed by atoms with van der Waals surface area (Å²) in [6.45, 7) is 14.9. The second-order valence-corrected chi connectivity index (χ2v) is 4.85. The maximum atomic E-state index is 11.3. The number of carbonyl (C=O) groups is 2. The first kappa shape index (κ1) is 17.4. The molecule has 0 aromatic heterocycles. The smallest absolute Gasteiger partial charge is 0.246 e. The molecule has 108 valence electrons. The minimum Gasteiger partial charge on any atom is -0.377 e. The summed E-state index contributed by atoms with van der Waals surface area (Å²) in [6.07, 6.45) is 0. The summed E-state index contributed by atoms with van der Waals surface area (Å²) < 4.78 is 5.43. The predicted molar refractivity (Wildman–Crippen MR) is 75.7 cm³/mol. The van der Waals surface area contributed by atoms with Crippen LogP contribution in [0.25, 0.3) is 0 Å². The zero-order valence-electron chi connectivity index (χ0n) is 12.2. The molecule has 2 atom stereocenters. The third-order valence-electron chi connectivity index (χ3n) is 2.27. The molecule has 19 heavy (non-hydrogen) atoms. The largest absolute Gasteiger partial charge is 0.377 e. The van der Waals surface area contributed by atoms with Crippen molar-refractivity contribution in [3.8, 4) is 0 Å². The molecule has 5 nitrogen and oxygen atoms in total. The molecule has 0 aromatic carbocycles. The van der Waals surface area contributed by atoms with Crippen molar-refractivity contribution in [2.24, 2.45) is 0 Å². The lowest BCUT2D eigenvalue weighted by Gasteiger charge is -2.17. The standard InChI is InChI=1S/C14H24N2O3/c1-9(2)13(17)15-11(5)7-19-8-12(6)16-14(18)10(3)4/h11-12H,1,3,7-8H2,2,4-6H3,(H,15,17)(H,16,18). The van der Waals surface area contributed by atoms with Crippen LogP contribution in [0.3, 0.4) is 0 Å². The van der Waals surface area contributed by atoms with Crippen molar-refractivity contribution in [1.82, 2.24) is 10.6 Å².